The molecule has 0 saturated heterocycles. The fraction of sp³-hybridized carbons (Fsp3) is 0.625. The van der Waals surface area contributed by atoms with Crippen LogP contribution in [0.5, 0.6) is 0 Å². The molecule has 2 saturated carbocycles. The molecule has 7 nitrogen and oxygen atoms in total. The Morgan fingerprint density at radius 2 is 1.88 bits per heavy atom. The SMILES string of the molecule is O=C(NC1C2=C(C=C3CCCC31)CCC2)NS(=O)(=O)c1cc2c(o1)C1CCC(CC1)C2O. The molecule has 6 aliphatic carbocycles. The summed E-state index contributed by atoms with van der Waals surface area (Å²) in [5, 5.41) is 13.4. The maximum absolute atomic E-state index is 13.0. The van der Waals surface area contributed by atoms with Crippen molar-refractivity contribution in [3.8, 4) is 0 Å². The zero-order valence-corrected chi connectivity index (χ0v) is 18.9. The van der Waals surface area contributed by atoms with Crippen LogP contribution in [0.25, 0.3) is 0 Å². The number of amides is 2. The summed E-state index contributed by atoms with van der Waals surface area (Å²) in [7, 11) is -4.17. The molecular formula is C24H30N2O5S. The molecule has 7 rings (SSSR count). The Morgan fingerprint density at radius 1 is 1.06 bits per heavy atom. The third kappa shape index (κ3) is 3.25. The summed E-state index contributed by atoms with van der Waals surface area (Å²) in [4.78, 5) is 12.8. The van der Waals surface area contributed by atoms with E-state index in [1.165, 1.54) is 22.8 Å². The van der Waals surface area contributed by atoms with Gasteiger partial charge in [-0.05, 0) is 81.3 Å². The molecule has 32 heavy (non-hydrogen) atoms. The first-order valence-electron chi connectivity index (χ1n) is 12.0. The number of allylic oxidation sites excluding steroid dienone is 2. The van der Waals surface area contributed by atoms with Gasteiger partial charge in [-0.1, -0.05) is 11.6 Å². The number of urea groups is 1. The number of fused-ring (bicyclic) bond motifs is 3. The molecule has 8 heteroatoms. The van der Waals surface area contributed by atoms with Crippen molar-refractivity contribution in [2.75, 3.05) is 0 Å². The van der Waals surface area contributed by atoms with E-state index in [0.717, 1.165) is 64.2 Å². The molecule has 0 radical (unpaired) electrons. The largest absolute Gasteiger partial charge is 0.447 e. The van der Waals surface area contributed by atoms with Crippen LogP contribution in [0, 0.1) is 11.8 Å². The Kier molecular flexibility index (Phi) is 4.80. The number of carbonyl (C=O) groups is 1. The van der Waals surface area contributed by atoms with E-state index in [0.29, 0.717) is 11.3 Å². The van der Waals surface area contributed by atoms with Crippen LogP contribution in [0.2, 0.25) is 0 Å². The van der Waals surface area contributed by atoms with Crippen LogP contribution < -0.4 is 10.0 Å². The highest BCUT2D eigenvalue weighted by Crippen LogP contribution is 2.49. The molecule has 3 unspecified atom stereocenters. The van der Waals surface area contributed by atoms with Gasteiger partial charge in [0.15, 0.2) is 0 Å². The molecule has 3 N–H and O–H groups in total. The van der Waals surface area contributed by atoms with E-state index in [2.05, 4.69) is 16.1 Å². The maximum Gasteiger partial charge on any atom is 0.329 e. The first-order chi connectivity index (χ1) is 15.4. The number of hydrogen-bond acceptors (Lipinski definition) is 5. The molecule has 0 aromatic carbocycles. The molecule has 2 fully saturated rings. The zero-order chi connectivity index (χ0) is 22.0. The topological polar surface area (TPSA) is 109 Å². The standard InChI is InChI=1S/C24H30N2O5S/c27-22-13-7-9-14(10-8-13)23-19(22)12-20(31-23)32(29,30)26-24(28)25-21-17-5-1-3-15(17)11-16-4-2-6-18(16)21/h11-14,17,21-22,27H,1-10H2,(H2,25,26,28). The van der Waals surface area contributed by atoms with Gasteiger partial charge in [-0.15, -0.1) is 0 Å². The molecular weight excluding hydrogens is 428 g/mol. The summed E-state index contributed by atoms with van der Waals surface area (Å²) in [6, 6.07) is 0.578. The van der Waals surface area contributed by atoms with Crippen LogP contribution in [0.15, 0.2) is 38.4 Å². The average Bonchev–Trinajstić information content (AvgIpc) is 3.50. The monoisotopic (exact) mass is 458 g/mol. The summed E-state index contributed by atoms with van der Waals surface area (Å²) in [5.74, 6) is 1.13. The number of sulfonamides is 1. The van der Waals surface area contributed by atoms with Crippen molar-refractivity contribution in [2.45, 2.75) is 87.4 Å². The van der Waals surface area contributed by atoms with E-state index in [4.69, 9.17) is 4.42 Å². The normalized spacial score (nSPS) is 33.3. The van der Waals surface area contributed by atoms with Crippen LogP contribution >= 0.6 is 0 Å². The van der Waals surface area contributed by atoms with Crippen molar-refractivity contribution in [1.82, 2.24) is 10.0 Å². The maximum atomic E-state index is 13.0. The van der Waals surface area contributed by atoms with Gasteiger partial charge in [-0.3, -0.25) is 0 Å². The number of nitrogens with one attached hydrogen (secondary N) is 2. The highest BCUT2D eigenvalue weighted by atomic mass is 32.2. The number of aliphatic hydroxyl groups is 1. The Labute approximate surface area is 188 Å². The number of furan rings is 1. The molecule has 0 aliphatic heterocycles. The lowest BCUT2D eigenvalue weighted by Gasteiger charge is -2.31. The molecule has 0 spiro atoms. The van der Waals surface area contributed by atoms with Gasteiger partial charge >= 0.3 is 6.03 Å². The van der Waals surface area contributed by atoms with E-state index in [-0.39, 0.29) is 28.9 Å². The lowest BCUT2D eigenvalue weighted by Crippen LogP contribution is -2.48. The highest BCUT2D eigenvalue weighted by molar-refractivity contribution is 7.89. The average molecular weight is 459 g/mol. The fourth-order valence-electron chi connectivity index (χ4n) is 6.79. The fourth-order valence-corrected chi connectivity index (χ4v) is 7.68. The predicted octanol–water partition coefficient (Wildman–Crippen LogP) is 4.18. The van der Waals surface area contributed by atoms with Gasteiger partial charge in [0.05, 0.1) is 12.1 Å². The number of carbonyl (C=O) groups excluding carboxylic acids is 1. The van der Waals surface area contributed by atoms with Crippen molar-refractivity contribution in [1.29, 1.82) is 0 Å². The minimum absolute atomic E-state index is 0.129. The molecule has 2 bridgehead atoms. The Hall–Kier alpha value is -2.06. The van der Waals surface area contributed by atoms with Crippen molar-refractivity contribution in [2.24, 2.45) is 11.8 Å². The molecule has 6 aliphatic rings. The minimum Gasteiger partial charge on any atom is -0.447 e. The van der Waals surface area contributed by atoms with E-state index < -0.39 is 22.2 Å². The summed E-state index contributed by atoms with van der Waals surface area (Å²) < 4.78 is 33.9. The molecule has 1 aromatic rings. The van der Waals surface area contributed by atoms with E-state index in [9.17, 15) is 18.3 Å². The predicted molar refractivity (Wildman–Crippen MR) is 117 cm³/mol. The smallest absolute Gasteiger partial charge is 0.329 e. The van der Waals surface area contributed by atoms with Crippen LogP contribution in [-0.2, 0) is 10.0 Å². The lowest BCUT2D eigenvalue weighted by atomic mass is 9.82. The highest BCUT2D eigenvalue weighted by Gasteiger charge is 2.41. The van der Waals surface area contributed by atoms with Crippen LogP contribution in [-0.4, -0.2) is 25.6 Å². The Balaban J connectivity index is 1.22. The molecule has 2 amide bonds. The third-order valence-electron chi connectivity index (χ3n) is 8.35. The molecule has 1 heterocycles. The van der Waals surface area contributed by atoms with Gasteiger partial charge in [0.2, 0.25) is 5.09 Å². The lowest BCUT2D eigenvalue weighted by molar-refractivity contribution is 0.0910. The Bertz CT molecular complexity index is 1110. The van der Waals surface area contributed by atoms with Crippen molar-refractivity contribution < 1.29 is 22.7 Å². The van der Waals surface area contributed by atoms with E-state index in [1.807, 2.05) is 0 Å². The van der Waals surface area contributed by atoms with Crippen molar-refractivity contribution in [3.05, 3.63) is 40.2 Å². The van der Waals surface area contributed by atoms with Crippen molar-refractivity contribution >= 4 is 16.1 Å². The molecule has 172 valence electrons. The van der Waals surface area contributed by atoms with Crippen molar-refractivity contribution in [3.63, 3.8) is 0 Å². The number of hydrogen-bond donors (Lipinski definition) is 3. The van der Waals surface area contributed by atoms with E-state index in [1.54, 1.807) is 0 Å². The Morgan fingerprint density at radius 3 is 2.69 bits per heavy atom. The summed E-state index contributed by atoms with van der Waals surface area (Å²) in [5.41, 5.74) is 4.55. The van der Waals surface area contributed by atoms with Crippen LogP contribution in [0.3, 0.4) is 0 Å². The quantitative estimate of drug-likeness (QED) is 0.630. The van der Waals surface area contributed by atoms with Crippen LogP contribution in [0.4, 0.5) is 4.79 Å². The second-order valence-corrected chi connectivity index (χ2v) is 11.7. The second kappa shape index (κ2) is 7.48. The molecule has 3 atom stereocenters. The number of aliphatic hydroxyl groups excluding tert-OH is 1. The first kappa shape index (κ1) is 20.5. The summed E-state index contributed by atoms with van der Waals surface area (Å²) >= 11 is 0. The third-order valence-corrected chi connectivity index (χ3v) is 9.54. The first-order valence-corrected chi connectivity index (χ1v) is 13.5. The number of rotatable bonds is 3. The summed E-state index contributed by atoms with van der Waals surface area (Å²) in [6.07, 6.45) is 11.5. The zero-order valence-electron chi connectivity index (χ0n) is 18.1. The van der Waals surface area contributed by atoms with Gasteiger partial charge in [-0.2, -0.15) is 8.42 Å². The van der Waals surface area contributed by atoms with Gasteiger partial charge in [0.25, 0.3) is 10.0 Å². The van der Waals surface area contributed by atoms with Gasteiger partial charge in [0, 0.05) is 23.5 Å². The molecule has 1 aromatic heterocycles. The van der Waals surface area contributed by atoms with E-state index >= 15 is 0 Å². The summed E-state index contributed by atoms with van der Waals surface area (Å²) in [6.45, 7) is 0. The van der Waals surface area contributed by atoms with Gasteiger partial charge in [-0.25, -0.2) is 9.52 Å². The minimum atomic E-state index is -4.17. The van der Waals surface area contributed by atoms with Gasteiger partial charge < -0.3 is 14.8 Å². The second-order valence-electron chi connectivity index (χ2n) is 10.1. The van der Waals surface area contributed by atoms with Gasteiger partial charge in [0.1, 0.15) is 5.76 Å². The van der Waals surface area contributed by atoms with Crippen LogP contribution in [0.1, 0.15) is 87.6 Å².